The summed E-state index contributed by atoms with van der Waals surface area (Å²) in [4.78, 5) is 12.7. The normalized spacial score (nSPS) is 79.9. The Morgan fingerprint density at radius 2 is 1.65 bits per heavy atom. The van der Waals surface area contributed by atoms with Gasteiger partial charge < -0.3 is 14.6 Å². The molecule has 1 aliphatic heterocycles. The topological polar surface area (TPSA) is 46.5 Å². The highest BCUT2D eigenvalue weighted by atomic mass is 16.5. The van der Waals surface area contributed by atoms with Crippen LogP contribution in [0.25, 0.3) is 0 Å². The lowest BCUT2D eigenvalue weighted by Crippen LogP contribution is -2.59. The summed E-state index contributed by atoms with van der Waals surface area (Å²) in [6, 6.07) is 0. The minimum atomic E-state index is -0.202. The fourth-order valence-corrected chi connectivity index (χ4v) is 11.3. The number of carbonyl (C=O) groups excluding carboxylic acids is 1. The number of hydrogen-bond donors (Lipinski definition) is 1. The van der Waals surface area contributed by atoms with Crippen molar-refractivity contribution in [3.63, 3.8) is 0 Å². The molecule has 1 heterocycles. The van der Waals surface area contributed by atoms with E-state index in [0.717, 1.165) is 41.9 Å². The van der Waals surface area contributed by atoms with E-state index in [2.05, 4.69) is 0 Å². The molecular formula is C20H24O3. The second-order valence-electron chi connectivity index (χ2n) is 10.4. The zero-order chi connectivity index (χ0) is 14.8. The molecule has 9 rings (SSSR count). The van der Waals surface area contributed by atoms with E-state index in [9.17, 15) is 9.90 Å². The van der Waals surface area contributed by atoms with Crippen LogP contribution >= 0.6 is 0 Å². The Labute approximate surface area is 136 Å². The molecule has 1 saturated heterocycles. The standard InChI is InChI=1S/C20H24O3/c21-5-20-17-7-2-4-9-11(7)13-15(17)14-12(16(13)19(20)23-9)6-1-3-8(22)10(6)18(14)20/h5-19,22H,1-4H2/t6-,7-,8+,9-,10+,11+,12+,13-,14-,15+,16-,17+,18+,19+,20+/m1/s1. The highest BCUT2D eigenvalue weighted by molar-refractivity contribution is 5.67. The van der Waals surface area contributed by atoms with Crippen LogP contribution in [-0.4, -0.2) is 29.7 Å². The van der Waals surface area contributed by atoms with E-state index in [1.165, 1.54) is 25.5 Å². The molecule has 0 spiro atoms. The molecule has 9 bridgehead atoms. The number of aliphatic hydroxyl groups excluding tert-OH is 1. The molecule has 9 fully saturated rings. The molecule has 0 aromatic carbocycles. The maximum Gasteiger partial charge on any atom is 0.129 e. The summed E-state index contributed by atoms with van der Waals surface area (Å²) >= 11 is 0. The van der Waals surface area contributed by atoms with E-state index >= 15 is 0 Å². The summed E-state index contributed by atoms with van der Waals surface area (Å²) in [5.41, 5.74) is -0.202. The Hall–Kier alpha value is -0.410. The molecule has 15 atom stereocenters. The highest BCUT2D eigenvalue weighted by Gasteiger charge is 2.90. The molecule has 3 heteroatoms. The predicted molar refractivity (Wildman–Crippen MR) is 80.0 cm³/mol. The van der Waals surface area contributed by atoms with Crippen LogP contribution in [0, 0.1) is 70.5 Å². The van der Waals surface area contributed by atoms with Crippen molar-refractivity contribution in [3.8, 4) is 0 Å². The van der Waals surface area contributed by atoms with Gasteiger partial charge in [-0.25, -0.2) is 0 Å². The molecule has 8 saturated carbocycles. The number of rotatable bonds is 1. The molecule has 0 amide bonds. The smallest absolute Gasteiger partial charge is 0.129 e. The third kappa shape index (κ3) is 0.852. The van der Waals surface area contributed by atoms with Gasteiger partial charge >= 0.3 is 0 Å². The third-order valence-electron chi connectivity index (χ3n) is 10.8. The maximum atomic E-state index is 12.7. The Bertz CT molecular complexity index is 661. The van der Waals surface area contributed by atoms with E-state index in [4.69, 9.17) is 4.74 Å². The monoisotopic (exact) mass is 312 g/mol. The van der Waals surface area contributed by atoms with Gasteiger partial charge in [-0.15, -0.1) is 0 Å². The van der Waals surface area contributed by atoms with Crippen LogP contribution in [0.2, 0.25) is 0 Å². The van der Waals surface area contributed by atoms with Gasteiger partial charge in [-0.1, -0.05) is 0 Å². The third-order valence-corrected chi connectivity index (χ3v) is 10.8. The van der Waals surface area contributed by atoms with Crippen LogP contribution in [0.3, 0.4) is 0 Å². The number of ether oxygens (including phenoxy) is 1. The zero-order valence-electron chi connectivity index (χ0n) is 13.3. The Morgan fingerprint density at radius 1 is 0.826 bits per heavy atom. The van der Waals surface area contributed by atoms with Gasteiger partial charge in [0.15, 0.2) is 0 Å². The maximum absolute atomic E-state index is 12.7. The van der Waals surface area contributed by atoms with Crippen molar-refractivity contribution >= 4 is 6.29 Å². The van der Waals surface area contributed by atoms with E-state index < -0.39 is 0 Å². The number of carbonyl (C=O) groups is 1. The van der Waals surface area contributed by atoms with Gasteiger partial charge in [0.25, 0.3) is 0 Å². The van der Waals surface area contributed by atoms with Crippen molar-refractivity contribution in [3.05, 3.63) is 0 Å². The largest absolute Gasteiger partial charge is 0.393 e. The van der Waals surface area contributed by atoms with E-state index in [-0.39, 0.29) is 17.6 Å². The molecular weight excluding hydrogens is 288 g/mol. The first-order chi connectivity index (χ1) is 11.3. The Kier molecular flexibility index (Phi) is 1.67. The van der Waals surface area contributed by atoms with E-state index in [1.807, 2.05) is 0 Å². The second kappa shape index (κ2) is 3.19. The summed E-state index contributed by atoms with van der Waals surface area (Å²) in [5, 5.41) is 10.7. The first kappa shape index (κ1) is 12.0. The van der Waals surface area contributed by atoms with Crippen molar-refractivity contribution < 1.29 is 14.6 Å². The zero-order valence-corrected chi connectivity index (χ0v) is 13.3. The molecule has 0 unspecified atom stereocenters. The quantitative estimate of drug-likeness (QED) is 0.750. The summed E-state index contributed by atoms with van der Waals surface area (Å²) < 4.78 is 6.75. The van der Waals surface area contributed by atoms with E-state index in [0.29, 0.717) is 35.7 Å². The van der Waals surface area contributed by atoms with Gasteiger partial charge in [0.2, 0.25) is 0 Å². The van der Waals surface area contributed by atoms with Gasteiger partial charge in [-0.05, 0) is 90.8 Å². The molecule has 8 aliphatic carbocycles. The average molecular weight is 312 g/mol. The van der Waals surface area contributed by atoms with Gasteiger partial charge in [0, 0.05) is 0 Å². The molecule has 0 aromatic heterocycles. The first-order valence-electron chi connectivity index (χ1n) is 10.1. The van der Waals surface area contributed by atoms with Gasteiger partial charge in [-0.3, -0.25) is 0 Å². The lowest BCUT2D eigenvalue weighted by Gasteiger charge is -2.54. The highest BCUT2D eigenvalue weighted by Crippen LogP contribution is 2.89. The average Bonchev–Trinajstić information content (AvgIpc) is 3.27. The second-order valence-corrected chi connectivity index (χ2v) is 10.4. The number of aliphatic hydroxyl groups is 1. The SMILES string of the molecule is O=C[C@@]12[C@@H]3[C@@H]4[C@H]([C@@H]5CC[C@H](O)[C@H]53)[C@@H]3[C@H]5[C@@H]4[C@@H]1[C@@H]1CC[C@@H](O[C@@H]32)[C@H]15. The van der Waals surface area contributed by atoms with Crippen molar-refractivity contribution in [1.29, 1.82) is 0 Å². The lowest BCUT2D eigenvalue weighted by atomic mass is 9.55. The van der Waals surface area contributed by atoms with Crippen molar-refractivity contribution in [1.82, 2.24) is 0 Å². The molecule has 0 aromatic rings. The van der Waals surface area contributed by atoms with E-state index in [1.54, 1.807) is 0 Å². The first-order valence-corrected chi connectivity index (χ1v) is 10.1. The minimum absolute atomic E-state index is 0.139. The molecule has 0 radical (unpaired) electrons. The van der Waals surface area contributed by atoms with Crippen LogP contribution in [0.15, 0.2) is 0 Å². The number of aldehydes is 1. The van der Waals surface area contributed by atoms with Gasteiger partial charge in [-0.2, -0.15) is 0 Å². The fraction of sp³-hybridized carbons (Fsp3) is 0.950. The molecule has 23 heavy (non-hydrogen) atoms. The molecule has 9 aliphatic rings. The molecule has 3 nitrogen and oxygen atoms in total. The van der Waals surface area contributed by atoms with Gasteiger partial charge in [0.1, 0.15) is 6.29 Å². The Balaban J connectivity index is 1.45. The van der Waals surface area contributed by atoms with Crippen LogP contribution in [0.1, 0.15) is 25.7 Å². The molecule has 1 N–H and O–H groups in total. The lowest BCUT2D eigenvalue weighted by molar-refractivity contribution is -0.206. The summed E-state index contributed by atoms with van der Waals surface area (Å²) in [5.74, 6) is 7.76. The summed E-state index contributed by atoms with van der Waals surface area (Å²) in [6.45, 7) is 0. The predicted octanol–water partition coefficient (Wildman–Crippen LogP) is 1.73. The summed E-state index contributed by atoms with van der Waals surface area (Å²) in [7, 11) is 0. The summed E-state index contributed by atoms with van der Waals surface area (Å²) in [6.07, 6.45) is 6.70. The molecule has 122 valence electrons. The van der Waals surface area contributed by atoms with Crippen molar-refractivity contribution in [2.45, 2.75) is 44.0 Å². The van der Waals surface area contributed by atoms with Crippen molar-refractivity contribution in [2.24, 2.45) is 70.5 Å². The Morgan fingerprint density at radius 3 is 2.52 bits per heavy atom. The van der Waals surface area contributed by atoms with Crippen LogP contribution in [0.4, 0.5) is 0 Å². The number of hydrogen-bond acceptors (Lipinski definition) is 3. The van der Waals surface area contributed by atoms with Crippen molar-refractivity contribution in [2.75, 3.05) is 0 Å². The number of fused-ring (bicyclic) bond motifs is 1. The van der Waals surface area contributed by atoms with Crippen LogP contribution in [0.5, 0.6) is 0 Å². The fourth-order valence-electron chi connectivity index (χ4n) is 11.3. The van der Waals surface area contributed by atoms with Gasteiger partial charge in [0.05, 0.1) is 23.7 Å². The van der Waals surface area contributed by atoms with Crippen LogP contribution < -0.4 is 0 Å². The van der Waals surface area contributed by atoms with Crippen LogP contribution in [-0.2, 0) is 9.53 Å². The minimum Gasteiger partial charge on any atom is -0.393 e.